The highest BCUT2D eigenvalue weighted by molar-refractivity contribution is 6.75. The molecule has 0 aromatic carbocycles. The zero-order chi connectivity index (χ0) is 9.35. The lowest BCUT2D eigenvalue weighted by Gasteiger charge is -2.13. The summed E-state index contributed by atoms with van der Waals surface area (Å²) >= 11 is 0. The van der Waals surface area contributed by atoms with E-state index >= 15 is 0 Å². The average Bonchev–Trinajstić information content (AvgIpc) is 2.06. The lowest BCUT2D eigenvalue weighted by Crippen LogP contribution is -2.24. The average molecular weight is 183 g/mol. The molecule has 3 heteroatoms. The third-order valence-corrected chi connectivity index (χ3v) is 3.09. The number of hydrogen-bond acceptors (Lipinski definition) is 2. The molecule has 0 aliphatic rings. The van der Waals surface area contributed by atoms with Crippen molar-refractivity contribution in [3.05, 3.63) is 17.3 Å². The third-order valence-electron chi connectivity index (χ3n) is 1.70. The first-order valence-electron chi connectivity index (χ1n) is 4.31. The minimum absolute atomic E-state index is 0.792. The van der Waals surface area contributed by atoms with E-state index in [0.29, 0.717) is 0 Å². The molecule has 68 valence electrons. The van der Waals surface area contributed by atoms with Crippen LogP contribution in [0, 0.1) is 13.8 Å². The SMILES string of the molecule is Cc1nc(C[Si](C)(C)C)c(C)o1. The Morgan fingerprint density at radius 2 is 1.83 bits per heavy atom. The largest absolute Gasteiger partial charge is 0.446 e. The fraction of sp³-hybridized carbons (Fsp3) is 0.667. The highest BCUT2D eigenvalue weighted by atomic mass is 28.3. The van der Waals surface area contributed by atoms with Crippen LogP contribution in [0.25, 0.3) is 0 Å². The molecule has 0 unspecified atom stereocenters. The first-order chi connectivity index (χ1) is 5.38. The number of aryl methyl sites for hydroxylation is 2. The smallest absolute Gasteiger partial charge is 0.191 e. The Morgan fingerprint density at radius 1 is 1.25 bits per heavy atom. The molecule has 1 aromatic heterocycles. The van der Waals surface area contributed by atoms with E-state index in [2.05, 4.69) is 24.6 Å². The van der Waals surface area contributed by atoms with Crippen LogP contribution in [0.1, 0.15) is 17.3 Å². The Hall–Kier alpha value is -0.573. The maximum Gasteiger partial charge on any atom is 0.191 e. The van der Waals surface area contributed by atoms with Gasteiger partial charge in [-0.25, -0.2) is 4.98 Å². The number of aromatic nitrogens is 1. The number of rotatable bonds is 2. The van der Waals surface area contributed by atoms with Gasteiger partial charge >= 0.3 is 0 Å². The van der Waals surface area contributed by atoms with Gasteiger partial charge in [0, 0.05) is 6.92 Å². The van der Waals surface area contributed by atoms with Gasteiger partial charge in [0.1, 0.15) is 5.76 Å². The monoisotopic (exact) mass is 183 g/mol. The molecule has 0 fully saturated rings. The normalized spacial score (nSPS) is 12.1. The van der Waals surface area contributed by atoms with Gasteiger partial charge in [0.15, 0.2) is 5.89 Å². The molecule has 0 bridgehead atoms. The molecule has 0 aliphatic heterocycles. The van der Waals surface area contributed by atoms with E-state index in [9.17, 15) is 0 Å². The van der Waals surface area contributed by atoms with Crippen molar-refractivity contribution < 1.29 is 4.42 Å². The van der Waals surface area contributed by atoms with Crippen LogP contribution in [-0.4, -0.2) is 13.1 Å². The summed E-state index contributed by atoms with van der Waals surface area (Å²) in [5.41, 5.74) is 1.16. The molecule has 0 saturated carbocycles. The van der Waals surface area contributed by atoms with Crippen molar-refractivity contribution in [3.63, 3.8) is 0 Å². The van der Waals surface area contributed by atoms with E-state index in [-0.39, 0.29) is 0 Å². The van der Waals surface area contributed by atoms with Crippen molar-refractivity contribution >= 4 is 8.07 Å². The van der Waals surface area contributed by atoms with Crippen molar-refractivity contribution in [2.75, 3.05) is 0 Å². The summed E-state index contributed by atoms with van der Waals surface area (Å²) in [7, 11) is -1.04. The van der Waals surface area contributed by atoms with Gasteiger partial charge in [0.05, 0.1) is 13.8 Å². The molecule has 0 saturated heterocycles. The third kappa shape index (κ3) is 2.48. The zero-order valence-corrected chi connectivity index (χ0v) is 9.56. The maximum atomic E-state index is 5.37. The molecular weight excluding hydrogens is 166 g/mol. The maximum absolute atomic E-state index is 5.37. The second kappa shape index (κ2) is 3.05. The van der Waals surface area contributed by atoms with E-state index in [4.69, 9.17) is 4.42 Å². The van der Waals surface area contributed by atoms with Crippen LogP contribution in [0.15, 0.2) is 4.42 Å². The van der Waals surface area contributed by atoms with Gasteiger partial charge in [-0.2, -0.15) is 0 Å². The lowest BCUT2D eigenvalue weighted by atomic mass is 10.4. The summed E-state index contributed by atoms with van der Waals surface area (Å²) in [6.45, 7) is 10.9. The van der Waals surface area contributed by atoms with Gasteiger partial charge in [-0.1, -0.05) is 19.6 Å². The summed E-state index contributed by atoms with van der Waals surface area (Å²) in [6, 6.07) is 1.12. The topological polar surface area (TPSA) is 26.0 Å². The second-order valence-corrected chi connectivity index (χ2v) is 9.95. The Bertz CT molecular complexity index is 273. The van der Waals surface area contributed by atoms with Gasteiger partial charge in [0.25, 0.3) is 0 Å². The van der Waals surface area contributed by atoms with E-state index in [0.717, 1.165) is 23.4 Å². The van der Waals surface area contributed by atoms with Gasteiger partial charge in [0.2, 0.25) is 0 Å². The molecule has 0 N–H and O–H groups in total. The van der Waals surface area contributed by atoms with Crippen molar-refractivity contribution in [2.24, 2.45) is 0 Å². The van der Waals surface area contributed by atoms with E-state index in [1.165, 1.54) is 0 Å². The molecule has 12 heavy (non-hydrogen) atoms. The number of oxazole rings is 1. The zero-order valence-electron chi connectivity index (χ0n) is 8.56. The van der Waals surface area contributed by atoms with Crippen LogP contribution in [0.4, 0.5) is 0 Å². The van der Waals surface area contributed by atoms with Crippen LogP contribution in [0.3, 0.4) is 0 Å². The van der Waals surface area contributed by atoms with E-state index in [1.54, 1.807) is 0 Å². The quantitative estimate of drug-likeness (QED) is 0.659. The number of hydrogen-bond donors (Lipinski definition) is 0. The Kier molecular flexibility index (Phi) is 2.42. The first-order valence-corrected chi connectivity index (χ1v) is 8.02. The summed E-state index contributed by atoms with van der Waals surface area (Å²) in [5, 5.41) is 0. The first kappa shape index (κ1) is 9.51. The van der Waals surface area contributed by atoms with Gasteiger partial charge in [-0.15, -0.1) is 0 Å². The predicted molar refractivity (Wildman–Crippen MR) is 53.0 cm³/mol. The molecule has 0 atom stereocenters. The summed E-state index contributed by atoms with van der Waals surface area (Å²) in [6.07, 6.45) is 0. The molecule has 0 spiro atoms. The summed E-state index contributed by atoms with van der Waals surface area (Å²) < 4.78 is 5.37. The predicted octanol–water partition coefficient (Wildman–Crippen LogP) is 2.71. The van der Waals surface area contributed by atoms with Crippen molar-refractivity contribution in [1.29, 1.82) is 0 Å². The van der Waals surface area contributed by atoms with Gasteiger partial charge in [-0.05, 0) is 13.0 Å². The van der Waals surface area contributed by atoms with Crippen LogP contribution in [0.2, 0.25) is 19.6 Å². The Labute approximate surface area is 75.0 Å². The summed E-state index contributed by atoms with van der Waals surface area (Å²) in [4.78, 5) is 4.36. The van der Waals surface area contributed by atoms with Crippen LogP contribution >= 0.6 is 0 Å². The van der Waals surface area contributed by atoms with E-state index in [1.807, 2.05) is 13.8 Å². The molecule has 0 radical (unpaired) electrons. The fourth-order valence-corrected chi connectivity index (χ4v) is 2.57. The van der Waals surface area contributed by atoms with Gasteiger partial charge in [-0.3, -0.25) is 0 Å². The van der Waals surface area contributed by atoms with E-state index < -0.39 is 8.07 Å². The molecule has 0 aliphatic carbocycles. The van der Waals surface area contributed by atoms with Crippen molar-refractivity contribution in [1.82, 2.24) is 4.98 Å². The highest BCUT2D eigenvalue weighted by Gasteiger charge is 2.18. The standard InChI is InChI=1S/C9H17NOSi/c1-7-9(6-12(3,4)5)10-8(2)11-7/h6H2,1-5H3. The van der Waals surface area contributed by atoms with Crippen molar-refractivity contribution in [3.8, 4) is 0 Å². The van der Waals surface area contributed by atoms with Gasteiger partial charge < -0.3 is 4.42 Å². The van der Waals surface area contributed by atoms with Crippen LogP contribution < -0.4 is 0 Å². The highest BCUT2D eigenvalue weighted by Crippen LogP contribution is 2.15. The van der Waals surface area contributed by atoms with Crippen LogP contribution in [-0.2, 0) is 6.04 Å². The molecule has 1 aromatic rings. The second-order valence-electron chi connectivity index (χ2n) is 4.47. The molecule has 2 nitrogen and oxygen atoms in total. The minimum atomic E-state index is -1.04. The molecule has 1 rings (SSSR count). The molecular formula is C9H17NOSi. The summed E-state index contributed by atoms with van der Waals surface area (Å²) in [5.74, 6) is 1.79. The lowest BCUT2D eigenvalue weighted by molar-refractivity contribution is 0.493. The minimum Gasteiger partial charge on any atom is -0.446 e. The Balaban J connectivity index is 2.82. The molecule has 1 heterocycles. The molecule has 0 amide bonds. The number of nitrogens with zero attached hydrogens (tertiary/aromatic N) is 1. The fourth-order valence-electron chi connectivity index (χ4n) is 1.24. The Morgan fingerprint density at radius 3 is 2.17 bits per heavy atom. The van der Waals surface area contributed by atoms with Crippen molar-refractivity contribution in [2.45, 2.75) is 39.5 Å². The van der Waals surface area contributed by atoms with Crippen LogP contribution in [0.5, 0.6) is 0 Å².